The molecule has 0 aromatic carbocycles. The summed E-state index contributed by atoms with van der Waals surface area (Å²) in [7, 11) is 3.47. The van der Waals surface area contributed by atoms with Crippen molar-refractivity contribution in [3.63, 3.8) is 0 Å². The number of aliphatic carboxylic acids is 1. The molecule has 10 heteroatoms. The minimum Gasteiger partial charge on any atom is -0.480 e. The van der Waals surface area contributed by atoms with Crippen molar-refractivity contribution in [2.24, 2.45) is 17.6 Å². The second-order valence-corrected chi connectivity index (χ2v) is 8.72. The lowest BCUT2D eigenvalue weighted by atomic mass is 10.0. The molecular weight excluding hydrogens is 402 g/mol. The molecule has 0 aliphatic carbocycles. The molecule has 6 N–H and O–H groups in total. The molecule has 0 heterocycles. The Hall–Kier alpha value is -2.20. The van der Waals surface area contributed by atoms with E-state index in [9.17, 15) is 19.2 Å². The Morgan fingerprint density at radius 1 is 0.935 bits per heavy atom. The number of likely N-dealkylation sites (N-methyl/N-ethyl adjacent to an activating group) is 1. The average molecular weight is 446 g/mol. The highest BCUT2D eigenvalue weighted by atomic mass is 16.4. The van der Waals surface area contributed by atoms with E-state index >= 15 is 0 Å². The molecule has 0 saturated heterocycles. The minimum absolute atomic E-state index is 0.135. The highest BCUT2D eigenvalue weighted by molar-refractivity contribution is 5.91. The van der Waals surface area contributed by atoms with Crippen molar-refractivity contribution in [2.45, 2.75) is 66.0 Å². The lowest BCUT2D eigenvalue weighted by Crippen LogP contribution is -2.52. The molecule has 2 unspecified atom stereocenters. The molecule has 0 aliphatic heterocycles. The molecule has 10 nitrogen and oxygen atoms in total. The van der Waals surface area contributed by atoms with Crippen LogP contribution < -0.4 is 21.7 Å². The van der Waals surface area contributed by atoms with Gasteiger partial charge in [-0.05, 0) is 51.7 Å². The minimum atomic E-state index is -1.14. The first-order valence-corrected chi connectivity index (χ1v) is 10.8. The van der Waals surface area contributed by atoms with Gasteiger partial charge >= 0.3 is 5.97 Å². The average Bonchev–Trinajstić information content (AvgIpc) is 2.61. The van der Waals surface area contributed by atoms with Gasteiger partial charge in [-0.15, -0.1) is 0 Å². The summed E-state index contributed by atoms with van der Waals surface area (Å²) in [4.78, 5) is 49.0. The summed E-state index contributed by atoms with van der Waals surface area (Å²) in [5.74, 6) is -2.00. The van der Waals surface area contributed by atoms with Gasteiger partial charge in [0.15, 0.2) is 0 Å². The number of carbonyl (C=O) groups is 4. The van der Waals surface area contributed by atoms with Crippen LogP contribution in [0.3, 0.4) is 0 Å². The summed E-state index contributed by atoms with van der Waals surface area (Å²) in [5, 5.41) is 16.5. The van der Waals surface area contributed by atoms with E-state index in [1.807, 2.05) is 0 Å². The van der Waals surface area contributed by atoms with E-state index in [1.165, 1.54) is 0 Å². The Morgan fingerprint density at radius 2 is 1.48 bits per heavy atom. The largest absolute Gasteiger partial charge is 0.480 e. The van der Waals surface area contributed by atoms with Crippen molar-refractivity contribution in [3.05, 3.63) is 0 Å². The number of nitrogens with one attached hydrogen (secondary N) is 3. The smallest absolute Gasteiger partial charge is 0.326 e. The number of hydrogen-bond donors (Lipinski definition) is 5. The van der Waals surface area contributed by atoms with Gasteiger partial charge in [0.25, 0.3) is 0 Å². The summed E-state index contributed by atoms with van der Waals surface area (Å²) in [6, 6.07) is -1.81. The topological polar surface area (TPSA) is 154 Å². The fourth-order valence-electron chi connectivity index (χ4n) is 2.32. The Bertz CT molecular complexity index is 550. The Labute approximate surface area is 186 Å². The maximum atomic E-state index is 12.3. The van der Waals surface area contributed by atoms with Crippen LogP contribution in [0.4, 0.5) is 0 Å². The summed E-state index contributed by atoms with van der Waals surface area (Å²) in [6.07, 6.45) is 1.76. The second kappa shape index (κ2) is 17.5. The van der Waals surface area contributed by atoms with E-state index < -0.39 is 29.9 Å². The molecule has 31 heavy (non-hydrogen) atoms. The summed E-state index contributed by atoms with van der Waals surface area (Å²) < 4.78 is 0. The molecule has 2 atom stereocenters. The summed E-state index contributed by atoms with van der Waals surface area (Å²) in [5.41, 5.74) is 5.46. The van der Waals surface area contributed by atoms with Crippen LogP contribution in [-0.2, 0) is 19.2 Å². The van der Waals surface area contributed by atoms with E-state index in [0.717, 1.165) is 5.92 Å². The van der Waals surface area contributed by atoms with Crippen LogP contribution in [0, 0.1) is 11.8 Å². The first kappa shape index (κ1) is 31.0. The third-order valence-corrected chi connectivity index (χ3v) is 3.73. The molecule has 0 spiro atoms. The van der Waals surface area contributed by atoms with Crippen LogP contribution in [0.1, 0.15) is 53.9 Å². The van der Waals surface area contributed by atoms with Crippen LogP contribution in [0.5, 0.6) is 0 Å². The number of carbonyl (C=O) groups excluding carboxylic acids is 3. The molecule has 0 aliphatic rings. The first-order valence-electron chi connectivity index (χ1n) is 10.8. The zero-order valence-electron chi connectivity index (χ0n) is 20.2. The van der Waals surface area contributed by atoms with Crippen LogP contribution in [-0.4, -0.2) is 79.5 Å². The highest BCUT2D eigenvalue weighted by Crippen LogP contribution is 2.02. The van der Waals surface area contributed by atoms with E-state index in [2.05, 4.69) is 36.7 Å². The van der Waals surface area contributed by atoms with Gasteiger partial charge in [0.05, 0.1) is 13.1 Å². The Kier molecular flexibility index (Phi) is 17.5. The lowest BCUT2D eigenvalue weighted by Gasteiger charge is -2.21. The fourth-order valence-corrected chi connectivity index (χ4v) is 2.32. The van der Waals surface area contributed by atoms with Gasteiger partial charge in [0, 0.05) is 0 Å². The molecule has 0 saturated carbocycles. The van der Waals surface area contributed by atoms with E-state index in [4.69, 9.17) is 10.8 Å². The number of carboxylic acids is 1. The second-order valence-electron chi connectivity index (χ2n) is 8.72. The highest BCUT2D eigenvalue weighted by Gasteiger charge is 2.25. The van der Waals surface area contributed by atoms with Crippen molar-refractivity contribution >= 4 is 23.7 Å². The fraction of sp³-hybridized carbons (Fsp3) is 0.810. The van der Waals surface area contributed by atoms with E-state index in [1.54, 1.807) is 32.8 Å². The zero-order valence-corrected chi connectivity index (χ0v) is 20.2. The monoisotopic (exact) mass is 445 g/mol. The predicted molar refractivity (Wildman–Crippen MR) is 121 cm³/mol. The molecule has 0 aromatic rings. The predicted octanol–water partition coefficient (Wildman–Crippen LogP) is 0.166. The van der Waals surface area contributed by atoms with Gasteiger partial charge in [0.1, 0.15) is 12.1 Å². The van der Waals surface area contributed by atoms with Gasteiger partial charge < -0.3 is 31.7 Å². The van der Waals surface area contributed by atoms with Gasteiger partial charge in [-0.2, -0.15) is 0 Å². The number of carboxylic acid groups (broad SMARTS) is 1. The SMILES string of the molecule is CC(C)C.CC(C)C(NC(=O)CNC(=O)C(CCCCN)NC(=O)CN(C)C)C(=O)O. The maximum absolute atomic E-state index is 12.3. The third kappa shape index (κ3) is 18.3. The first-order chi connectivity index (χ1) is 14.3. The molecule has 3 amide bonds. The number of hydrogen-bond acceptors (Lipinski definition) is 6. The normalized spacial score (nSPS) is 12.6. The molecule has 182 valence electrons. The molecule has 0 aromatic heterocycles. The van der Waals surface area contributed by atoms with E-state index in [0.29, 0.717) is 25.8 Å². The molecule has 0 bridgehead atoms. The van der Waals surface area contributed by atoms with Gasteiger partial charge in [-0.3, -0.25) is 14.4 Å². The quantitative estimate of drug-likeness (QED) is 0.253. The van der Waals surface area contributed by atoms with Crippen molar-refractivity contribution in [1.82, 2.24) is 20.9 Å². The molecule has 0 radical (unpaired) electrons. The number of rotatable bonds is 13. The van der Waals surface area contributed by atoms with Crippen LogP contribution >= 0.6 is 0 Å². The van der Waals surface area contributed by atoms with Crippen LogP contribution in [0.15, 0.2) is 0 Å². The van der Waals surface area contributed by atoms with Gasteiger partial charge in [-0.25, -0.2) is 4.79 Å². The van der Waals surface area contributed by atoms with Crippen molar-refractivity contribution in [3.8, 4) is 0 Å². The Balaban J connectivity index is 0. The molecule has 0 rings (SSSR count). The van der Waals surface area contributed by atoms with Crippen LogP contribution in [0.2, 0.25) is 0 Å². The Morgan fingerprint density at radius 3 is 1.90 bits per heavy atom. The lowest BCUT2D eigenvalue weighted by molar-refractivity contribution is -0.143. The number of unbranched alkanes of at least 4 members (excludes halogenated alkanes) is 1. The van der Waals surface area contributed by atoms with Gasteiger partial charge in [0.2, 0.25) is 17.7 Å². The third-order valence-electron chi connectivity index (χ3n) is 3.73. The van der Waals surface area contributed by atoms with Crippen molar-refractivity contribution < 1.29 is 24.3 Å². The number of nitrogens with two attached hydrogens (primary N) is 1. The maximum Gasteiger partial charge on any atom is 0.326 e. The molecule has 0 fully saturated rings. The van der Waals surface area contributed by atoms with Crippen molar-refractivity contribution in [2.75, 3.05) is 33.7 Å². The summed E-state index contributed by atoms with van der Waals surface area (Å²) in [6.45, 7) is 10.1. The van der Waals surface area contributed by atoms with Crippen LogP contribution in [0.25, 0.3) is 0 Å². The van der Waals surface area contributed by atoms with Crippen molar-refractivity contribution in [1.29, 1.82) is 0 Å². The number of amides is 3. The van der Waals surface area contributed by atoms with Gasteiger partial charge in [-0.1, -0.05) is 34.6 Å². The number of nitrogens with zero attached hydrogens (tertiary/aromatic N) is 1. The summed E-state index contributed by atoms with van der Waals surface area (Å²) >= 11 is 0. The zero-order chi connectivity index (χ0) is 24.6. The molecular formula is C21H43N5O5. The van der Waals surface area contributed by atoms with E-state index in [-0.39, 0.29) is 24.9 Å². The standard InChI is InChI=1S/C17H33N5O5.C4H10/c1-11(2)15(17(26)27)21-13(23)9-19-16(25)12(7-5-6-8-18)20-14(24)10-22(3)4;1-4(2)3/h11-12,15H,5-10,18H2,1-4H3,(H,19,25)(H,20,24)(H,21,23)(H,26,27);4H,1-3H3.